The van der Waals surface area contributed by atoms with Gasteiger partial charge in [0.15, 0.2) is 9.84 Å². The number of halogens is 2. The molecule has 0 bridgehead atoms. The average Bonchev–Trinajstić information content (AvgIpc) is 2.25. The van der Waals surface area contributed by atoms with Gasteiger partial charge in [-0.3, -0.25) is 0 Å². The Hall–Kier alpha value is -0.0600. The summed E-state index contributed by atoms with van der Waals surface area (Å²) in [4.78, 5) is 0.335. The van der Waals surface area contributed by atoms with E-state index in [4.69, 9.17) is 11.6 Å². The molecule has 0 fully saturated rings. The second kappa shape index (κ2) is 5.93. The molecule has 5 heteroatoms. The third kappa shape index (κ3) is 4.25. The first kappa shape index (κ1) is 16.0. The zero-order valence-corrected chi connectivity index (χ0v) is 13.9. The number of hydrogen-bond donors (Lipinski definition) is 0. The largest absolute Gasteiger partial charge is 0.224 e. The number of hydrogen-bond acceptors (Lipinski definition) is 2. The molecule has 2 nitrogen and oxygen atoms in total. The van der Waals surface area contributed by atoms with Crippen LogP contribution in [0.5, 0.6) is 0 Å². The highest BCUT2D eigenvalue weighted by Gasteiger charge is 2.29. The molecule has 0 saturated carbocycles. The van der Waals surface area contributed by atoms with Gasteiger partial charge in [0.2, 0.25) is 0 Å². The molecule has 1 aromatic carbocycles. The van der Waals surface area contributed by atoms with Gasteiger partial charge in [-0.15, -0.1) is 0 Å². The number of alkyl halides is 1. The van der Waals surface area contributed by atoms with E-state index in [9.17, 15) is 8.42 Å². The molecule has 0 aromatic heterocycles. The minimum atomic E-state index is -3.26. The Labute approximate surface area is 123 Å². The summed E-state index contributed by atoms with van der Waals surface area (Å²) < 4.78 is 24.6. The Kier molecular flexibility index (Phi) is 5.27. The topological polar surface area (TPSA) is 34.1 Å². The highest BCUT2D eigenvalue weighted by atomic mass is 79.9. The first-order chi connectivity index (χ1) is 8.16. The number of benzene rings is 1. The molecule has 1 unspecified atom stereocenters. The standard InChI is InChI=1S/C13H18BrClO2S/c1-13(2,3)10(8-14)9-18(16,17)12-6-4-11(15)5-7-12/h4-7,10H,8-9H2,1-3H3. The third-order valence-corrected chi connectivity index (χ3v) is 5.87. The second-order valence-corrected chi connectivity index (χ2v) is 8.57. The summed E-state index contributed by atoms with van der Waals surface area (Å²) in [6.45, 7) is 6.16. The minimum absolute atomic E-state index is 0.0526. The maximum atomic E-state index is 12.3. The first-order valence-corrected chi connectivity index (χ1v) is 8.86. The Morgan fingerprint density at radius 1 is 1.22 bits per heavy atom. The van der Waals surface area contributed by atoms with Crippen LogP contribution in [0.25, 0.3) is 0 Å². The van der Waals surface area contributed by atoms with E-state index in [1.165, 1.54) is 0 Å². The minimum Gasteiger partial charge on any atom is -0.224 e. The van der Waals surface area contributed by atoms with E-state index in [2.05, 4.69) is 36.7 Å². The molecular weight excluding hydrogens is 336 g/mol. The zero-order valence-electron chi connectivity index (χ0n) is 10.8. The molecule has 0 aliphatic heterocycles. The van der Waals surface area contributed by atoms with Crippen molar-refractivity contribution < 1.29 is 8.42 Å². The van der Waals surface area contributed by atoms with Crippen molar-refractivity contribution in [2.24, 2.45) is 11.3 Å². The molecule has 1 aromatic rings. The van der Waals surface area contributed by atoms with E-state index in [-0.39, 0.29) is 17.1 Å². The van der Waals surface area contributed by atoms with Crippen molar-refractivity contribution in [1.82, 2.24) is 0 Å². The van der Waals surface area contributed by atoms with Gasteiger partial charge >= 0.3 is 0 Å². The lowest BCUT2D eigenvalue weighted by Gasteiger charge is -2.28. The van der Waals surface area contributed by atoms with Crippen LogP contribution < -0.4 is 0 Å². The molecule has 0 amide bonds. The van der Waals surface area contributed by atoms with Gasteiger partial charge in [0.1, 0.15) is 0 Å². The fourth-order valence-corrected chi connectivity index (χ4v) is 5.05. The molecule has 1 rings (SSSR count). The van der Waals surface area contributed by atoms with E-state index in [1.54, 1.807) is 24.3 Å². The third-order valence-electron chi connectivity index (χ3n) is 3.00. The van der Waals surface area contributed by atoms with Crippen LogP contribution >= 0.6 is 27.5 Å². The van der Waals surface area contributed by atoms with Gasteiger partial charge in [0.25, 0.3) is 0 Å². The lowest BCUT2D eigenvalue weighted by molar-refractivity contribution is 0.291. The van der Waals surface area contributed by atoms with E-state index in [0.717, 1.165) is 0 Å². The van der Waals surface area contributed by atoms with E-state index in [0.29, 0.717) is 15.2 Å². The smallest absolute Gasteiger partial charge is 0.178 e. The lowest BCUT2D eigenvalue weighted by atomic mass is 9.83. The maximum absolute atomic E-state index is 12.3. The average molecular weight is 354 g/mol. The Bertz CT molecular complexity index is 489. The molecule has 0 heterocycles. The summed E-state index contributed by atoms with van der Waals surface area (Å²) in [6.07, 6.45) is 0. The monoisotopic (exact) mass is 352 g/mol. The SMILES string of the molecule is CC(C)(C)C(CBr)CS(=O)(=O)c1ccc(Cl)cc1. The van der Waals surface area contributed by atoms with E-state index < -0.39 is 9.84 Å². The molecule has 18 heavy (non-hydrogen) atoms. The van der Waals surface area contributed by atoms with Crippen molar-refractivity contribution in [3.05, 3.63) is 29.3 Å². The van der Waals surface area contributed by atoms with Crippen molar-refractivity contribution >= 4 is 37.4 Å². The fraction of sp³-hybridized carbons (Fsp3) is 0.538. The van der Waals surface area contributed by atoms with Gasteiger partial charge in [-0.1, -0.05) is 48.3 Å². The zero-order chi connectivity index (χ0) is 14.0. The van der Waals surface area contributed by atoms with Crippen LogP contribution in [-0.2, 0) is 9.84 Å². The van der Waals surface area contributed by atoms with E-state index >= 15 is 0 Å². The predicted molar refractivity (Wildman–Crippen MR) is 80.2 cm³/mol. The maximum Gasteiger partial charge on any atom is 0.178 e. The highest BCUT2D eigenvalue weighted by molar-refractivity contribution is 9.09. The van der Waals surface area contributed by atoms with Crippen LogP contribution in [0.2, 0.25) is 5.02 Å². The van der Waals surface area contributed by atoms with Crippen molar-refractivity contribution in [2.75, 3.05) is 11.1 Å². The van der Waals surface area contributed by atoms with Crippen molar-refractivity contribution in [1.29, 1.82) is 0 Å². The van der Waals surface area contributed by atoms with Gasteiger partial charge in [-0.05, 0) is 35.6 Å². The summed E-state index contributed by atoms with van der Waals surface area (Å²) in [5.41, 5.74) is -0.0526. The van der Waals surface area contributed by atoms with Crippen LogP contribution in [0.1, 0.15) is 20.8 Å². The fourth-order valence-electron chi connectivity index (χ4n) is 1.53. The highest BCUT2D eigenvalue weighted by Crippen LogP contribution is 2.30. The summed E-state index contributed by atoms with van der Waals surface area (Å²) >= 11 is 9.17. The Morgan fingerprint density at radius 2 is 1.72 bits per heavy atom. The van der Waals surface area contributed by atoms with Crippen molar-refractivity contribution in [2.45, 2.75) is 25.7 Å². The normalized spacial score (nSPS) is 14.5. The molecule has 0 radical (unpaired) electrons. The Balaban J connectivity index is 2.98. The molecule has 1 atom stereocenters. The summed E-state index contributed by atoms with van der Waals surface area (Å²) in [7, 11) is -3.26. The van der Waals surface area contributed by atoms with Gasteiger partial charge in [0.05, 0.1) is 10.6 Å². The van der Waals surface area contributed by atoms with Crippen LogP contribution in [0.15, 0.2) is 29.2 Å². The van der Waals surface area contributed by atoms with Gasteiger partial charge in [0, 0.05) is 10.4 Å². The summed E-state index contributed by atoms with van der Waals surface area (Å²) in [5, 5.41) is 1.21. The molecule has 0 N–H and O–H groups in total. The van der Waals surface area contributed by atoms with E-state index in [1.807, 2.05) is 0 Å². The number of sulfone groups is 1. The van der Waals surface area contributed by atoms with Crippen molar-refractivity contribution in [3.63, 3.8) is 0 Å². The molecule has 0 aliphatic carbocycles. The Morgan fingerprint density at radius 3 is 2.11 bits per heavy atom. The van der Waals surface area contributed by atoms with Gasteiger partial charge in [-0.2, -0.15) is 0 Å². The summed E-state index contributed by atoms with van der Waals surface area (Å²) in [5.74, 6) is 0.210. The predicted octanol–water partition coefficient (Wildman–Crippen LogP) is 4.17. The van der Waals surface area contributed by atoms with Gasteiger partial charge < -0.3 is 0 Å². The van der Waals surface area contributed by atoms with Crippen LogP contribution in [-0.4, -0.2) is 19.5 Å². The molecule has 102 valence electrons. The number of rotatable bonds is 4. The van der Waals surface area contributed by atoms with Crippen molar-refractivity contribution in [3.8, 4) is 0 Å². The van der Waals surface area contributed by atoms with Crippen LogP contribution in [0.3, 0.4) is 0 Å². The van der Waals surface area contributed by atoms with Crippen LogP contribution in [0.4, 0.5) is 0 Å². The molecule has 0 spiro atoms. The lowest BCUT2D eigenvalue weighted by Crippen LogP contribution is -2.29. The second-order valence-electron chi connectivity index (χ2n) is 5.45. The van der Waals surface area contributed by atoms with Gasteiger partial charge in [-0.25, -0.2) is 8.42 Å². The molecule has 0 saturated heterocycles. The first-order valence-electron chi connectivity index (χ1n) is 5.71. The summed E-state index contributed by atoms with van der Waals surface area (Å²) in [6, 6.07) is 6.33. The molecular formula is C13H18BrClO2S. The quantitative estimate of drug-likeness (QED) is 0.761. The molecule has 0 aliphatic rings. The van der Waals surface area contributed by atoms with Crippen LogP contribution in [0, 0.1) is 11.3 Å².